The van der Waals surface area contributed by atoms with E-state index in [0.29, 0.717) is 26.2 Å². The van der Waals surface area contributed by atoms with E-state index in [1.165, 1.54) is 28.3 Å². The van der Waals surface area contributed by atoms with Gasteiger partial charge in [-0.2, -0.15) is 18.3 Å². The molecule has 1 N–H and O–H groups in total. The second kappa shape index (κ2) is 7.30. The van der Waals surface area contributed by atoms with Gasteiger partial charge < -0.3 is 5.32 Å². The lowest BCUT2D eigenvalue weighted by Crippen LogP contribution is -2.10. The largest absolute Gasteiger partial charge is 0.435 e. The minimum Gasteiger partial charge on any atom is -0.321 e. The summed E-state index contributed by atoms with van der Waals surface area (Å²) in [5.41, 5.74) is 0.206. The molecule has 0 aliphatic rings. The van der Waals surface area contributed by atoms with Gasteiger partial charge in [0.15, 0.2) is 5.69 Å². The number of rotatable bonds is 4. The van der Waals surface area contributed by atoms with Crippen LogP contribution in [0.2, 0.25) is 10.0 Å². The Morgan fingerprint density at radius 3 is 2.62 bits per heavy atom. The molecule has 0 aliphatic heterocycles. The average Bonchev–Trinajstić information content (AvgIpc) is 3.20. The van der Waals surface area contributed by atoms with Gasteiger partial charge in [0, 0.05) is 11.9 Å². The third kappa shape index (κ3) is 4.38. The number of carbonyl (C=O) groups is 1. The Morgan fingerprint density at radius 2 is 1.96 bits per heavy atom. The van der Waals surface area contributed by atoms with E-state index in [4.69, 9.17) is 23.2 Å². The molecule has 0 unspecified atom stereocenters. The van der Waals surface area contributed by atoms with Gasteiger partial charge in [0.2, 0.25) is 0 Å². The molecule has 10 heteroatoms. The summed E-state index contributed by atoms with van der Waals surface area (Å²) in [4.78, 5) is 12.7. The van der Waals surface area contributed by atoms with E-state index in [1.807, 2.05) is 0 Å². The molecule has 0 aliphatic carbocycles. The van der Waals surface area contributed by atoms with Crippen LogP contribution < -0.4 is 5.32 Å². The number of halogens is 5. The van der Waals surface area contributed by atoms with Crippen molar-refractivity contribution in [1.82, 2.24) is 9.78 Å². The lowest BCUT2D eigenvalue weighted by Gasteiger charge is -2.04. The lowest BCUT2D eigenvalue weighted by molar-refractivity contribution is -0.141. The number of nitrogens with zero attached hydrogens (tertiary/aromatic N) is 2. The normalized spacial score (nSPS) is 11.6. The third-order valence-corrected chi connectivity index (χ3v) is 5.05. The summed E-state index contributed by atoms with van der Waals surface area (Å²) >= 11 is 12.9. The Bertz CT molecular complexity index is 952. The molecule has 3 rings (SSSR count). The van der Waals surface area contributed by atoms with Crippen LogP contribution >= 0.6 is 34.5 Å². The topological polar surface area (TPSA) is 46.9 Å². The number of carbonyl (C=O) groups excluding carboxylic acids is 1. The van der Waals surface area contributed by atoms with Crippen LogP contribution in [0.3, 0.4) is 0 Å². The highest BCUT2D eigenvalue weighted by atomic mass is 35.5. The predicted molar refractivity (Wildman–Crippen MR) is 95.1 cm³/mol. The van der Waals surface area contributed by atoms with Gasteiger partial charge in [0.1, 0.15) is 0 Å². The molecule has 26 heavy (non-hydrogen) atoms. The average molecular weight is 420 g/mol. The van der Waals surface area contributed by atoms with Crippen LogP contribution in [0, 0.1) is 0 Å². The Morgan fingerprint density at radius 1 is 1.19 bits per heavy atom. The van der Waals surface area contributed by atoms with Crippen LogP contribution in [0.1, 0.15) is 20.9 Å². The van der Waals surface area contributed by atoms with E-state index in [0.717, 1.165) is 6.07 Å². The molecule has 0 bridgehead atoms. The maximum atomic E-state index is 12.6. The molecule has 0 saturated carbocycles. The number of hydrogen-bond donors (Lipinski definition) is 1. The molecule has 0 fully saturated rings. The monoisotopic (exact) mass is 419 g/mol. The van der Waals surface area contributed by atoms with Gasteiger partial charge in [0.05, 0.1) is 21.5 Å². The van der Waals surface area contributed by atoms with Crippen LogP contribution in [0.25, 0.3) is 0 Å². The van der Waals surface area contributed by atoms with E-state index in [1.54, 1.807) is 23.6 Å². The number of benzene rings is 1. The molecular formula is C16H10Cl2F3N3OS. The molecule has 1 aromatic carbocycles. The number of anilines is 1. The quantitative estimate of drug-likeness (QED) is 0.600. The van der Waals surface area contributed by atoms with Crippen molar-refractivity contribution < 1.29 is 18.0 Å². The number of nitrogens with one attached hydrogen (secondary N) is 1. The summed E-state index contributed by atoms with van der Waals surface area (Å²) in [6.45, 7) is 0.132. The lowest BCUT2D eigenvalue weighted by atomic mass is 10.3. The minimum absolute atomic E-state index is 0.132. The first kappa shape index (κ1) is 18.8. The van der Waals surface area contributed by atoms with Crippen molar-refractivity contribution in [2.24, 2.45) is 0 Å². The van der Waals surface area contributed by atoms with Crippen molar-refractivity contribution in [2.75, 3.05) is 5.32 Å². The second-order valence-corrected chi connectivity index (χ2v) is 7.02. The van der Waals surface area contributed by atoms with Gasteiger partial charge >= 0.3 is 6.18 Å². The van der Waals surface area contributed by atoms with Crippen LogP contribution in [0.5, 0.6) is 0 Å². The van der Waals surface area contributed by atoms with Crippen LogP contribution in [-0.2, 0) is 12.7 Å². The molecule has 1 amide bonds. The fraction of sp³-hybridized carbons (Fsp3) is 0.125. The first-order chi connectivity index (χ1) is 12.2. The highest BCUT2D eigenvalue weighted by molar-refractivity contribution is 7.12. The van der Waals surface area contributed by atoms with Crippen molar-refractivity contribution in [3.8, 4) is 0 Å². The van der Waals surface area contributed by atoms with Crippen LogP contribution in [-0.4, -0.2) is 15.7 Å². The van der Waals surface area contributed by atoms with E-state index in [-0.39, 0.29) is 12.5 Å². The molecule has 0 atom stereocenters. The highest BCUT2D eigenvalue weighted by Crippen LogP contribution is 2.28. The summed E-state index contributed by atoms with van der Waals surface area (Å²) in [5.74, 6) is -0.351. The smallest absolute Gasteiger partial charge is 0.321 e. The molecule has 0 saturated heterocycles. The molecule has 2 aromatic heterocycles. The third-order valence-electron chi connectivity index (χ3n) is 3.33. The number of amides is 1. The van der Waals surface area contributed by atoms with Crippen LogP contribution in [0.4, 0.5) is 18.9 Å². The SMILES string of the molecule is O=C(Nc1ccc(Cl)c(Cl)c1)c1cc(Cn2ccc(C(F)(F)F)n2)cs1. The Hall–Kier alpha value is -2.03. The van der Waals surface area contributed by atoms with Crippen molar-refractivity contribution in [3.63, 3.8) is 0 Å². The summed E-state index contributed by atoms with van der Waals surface area (Å²) < 4.78 is 38.9. The molecule has 4 nitrogen and oxygen atoms in total. The summed E-state index contributed by atoms with van der Waals surface area (Å²) in [6, 6.07) is 7.22. The van der Waals surface area contributed by atoms with Gasteiger partial charge in [-0.25, -0.2) is 0 Å². The minimum atomic E-state index is -4.48. The molecule has 3 aromatic rings. The predicted octanol–water partition coefficient (Wildman–Crippen LogP) is 5.57. The van der Waals surface area contributed by atoms with Crippen molar-refractivity contribution in [1.29, 1.82) is 0 Å². The second-order valence-electron chi connectivity index (χ2n) is 5.30. The first-order valence-electron chi connectivity index (χ1n) is 7.17. The maximum Gasteiger partial charge on any atom is 0.435 e. The Kier molecular flexibility index (Phi) is 5.27. The van der Waals surface area contributed by atoms with E-state index >= 15 is 0 Å². The molecule has 2 heterocycles. The van der Waals surface area contributed by atoms with E-state index in [9.17, 15) is 18.0 Å². The zero-order valence-electron chi connectivity index (χ0n) is 12.8. The number of alkyl halides is 3. The van der Waals surface area contributed by atoms with E-state index < -0.39 is 11.9 Å². The van der Waals surface area contributed by atoms with Crippen molar-refractivity contribution in [3.05, 3.63) is 68.1 Å². The van der Waals surface area contributed by atoms with Gasteiger partial charge in [-0.15, -0.1) is 11.3 Å². The zero-order chi connectivity index (χ0) is 18.9. The molecule has 0 radical (unpaired) electrons. The molecular weight excluding hydrogens is 410 g/mol. The number of aromatic nitrogens is 2. The van der Waals surface area contributed by atoms with Gasteiger partial charge in [-0.05, 0) is 41.3 Å². The highest BCUT2D eigenvalue weighted by Gasteiger charge is 2.33. The number of hydrogen-bond acceptors (Lipinski definition) is 3. The van der Waals surface area contributed by atoms with E-state index in [2.05, 4.69) is 10.4 Å². The first-order valence-corrected chi connectivity index (χ1v) is 8.80. The fourth-order valence-corrected chi connectivity index (χ4v) is 3.23. The van der Waals surface area contributed by atoms with Gasteiger partial charge in [0.25, 0.3) is 5.91 Å². The summed E-state index contributed by atoms with van der Waals surface area (Å²) in [7, 11) is 0. The molecule has 136 valence electrons. The summed E-state index contributed by atoms with van der Waals surface area (Å²) in [6.07, 6.45) is -3.24. The van der Waals surface area contributed by atoms with Gasteiger partial charge in [-0.3, -0.25) is 9.48 Å². The Balaban J connectivity index is 1.68. The Labute approximate surface area is 160 Å². The standard InChI is InChI=1S/C16H10Cl2F3N3OS/c17-11-2-1-10(6-12(11)18)22-15(25)13-5-9(8-26-13)7-24-4-3-14(23-24)16(19,20)21/h1-6,8H,7H2,(H,22,25). The summed E-state index contributed by atoms with van der Waals surface area (Å²) in [5, 5.41) is 8.55. The maximum absolute atomic E-state index is 12.6. The molecule has 0 spiro atoms. The van der Waals surface area contributed by atoms with Crippen molar-refractivity contribution >= 4 is 46.1 Å². The van der Waals surface area contributed by atoms with Crippen molar-refractivity contribution in [2.45, 2.75) is 12.7 Å². The fourth-order valence-electron chi connectivity index (χ4n) is 2.13. The van der Waals surface area contributed by atoms with Crippen LogP contribution in [0.15, 0.2) is 41.9 Å². The van der Waals surface area contributed by atoms with Gasteiger partial charge in [-0.1, -0.05) is 23.2 Å². The number of thiophene rings is 1. The zero-order valence-corrected chi connectivity index (χ0v) is 15.2.